The van der Waals surface area contributed by atoms with E-state index in [1.54, 1.807) is 0 Å². The smallest absolute Gasteiger partial charge is 0.224 e. The number of carbonyl (C=O) groups is 1. The van der Waals surface area contributed by atoms with Crippen LogP contribution < -0.4 is 10.2 Å². The van der Waals surface area contributed by atoms with E-state index in [1.807, 2.05) is 12.1 Å². The van der Waals surface area contributed by atoms with Gasteiger partial charge in [-0.2, -0.15) is 0 Å². The van der Waals surface area contributed by atoms with Crippen LogP contribution >= 0.6 is 0 Å². The Hall–Kier alpha value is -1.55. The first-order chi connectivity index (χ1) is 11.7. The number of piperidine rings is 1. The molecule has 0 saturated carbocycles. The van der Waals surface area contributed by atoms with E-state index in [0.717, 1.165) is 38.2 Å². The van der Waals surface area contributed by atoms with Gasteiger partial charge in [0.1, 0.15) is 0 Å². The van der Waals surface area contributed by atoms with Crippen molar-refractivity contribution >= 4 is 17.3 Å². The zero-order chi connectivity index (χ0) is 17.2. The number of nitrogens with one attached hydrogen (secondary N) is 1. The van der Waals surface area contributed by atoms with Gasteiger partial charge >= 0.3 is 0 Å². The summed E-state index contributed by atoms with van der Waals surface area (Å²) in [6, 6.07) is 8.16. The van der Waals surface area contributed by atoms with Gasteiger partial charge in [0.25, 0.3) is 0 Å². The van der Waals surface area contributed by atoms with E-state index in [1.165, 1.54) is 38.0 Å². The van der Waals surface area contributed by atoms with E-state index < -0.39 is 0 Å². The fourth-order valence-electron chi connectivity index (χ4n) is 3.37. The Balaban J connectivity index is 1.66. The molecule has 1 amide bonds. The summed E-state index contributed by atoms with van der Waals surface area (Å²) >= 11 is 0. The van der Waals surface area contributed by atoms with E-state index in [4.69, 9.17) is 0 Å². The predicted molar refractivity (Wildman–Crippen MR) is 103 cm³/mol. The summed E-state index contributed by atoms with van der Waals surface area (Å²) in [6.07, 6.45) is 6.76. The molecule has 0 atom stereocenters. The minimum absolute atomic E-state index is 0.129. The van der Waals surface area contributed by atoms with Crippen molar-refractivity contribution in [3.05, 3.63) is 24.3 Å². The molecule has 0 unspecified atom stereocenters. The Kier molecular flexibility index (Phi) is 8.10. The molecule has 0 aliphatic carbocycles. The SMILES string of the molecule is CCN(CC)c1ccc(NC(=O)CCCCN2CCCCC2)cc1. The van der Waals surface area contributed by atoms with Gasteiger partial charge in [-0.1, -0.05) is 6.42 Å². The number of nitrogens with zero attached hydrogens (tertiary/aromatic N) is 2. The number of hydrogen-bond acceptors (Lipinski definition) is 3. The van der Waals surface area contributed by atoms with Gasteiger partial charge in [0.15, 0.2) is 0 Å². The van der Waals surface area contributed by atoms with Gasteiger partial charge in [-0.25, -0.2) is 0 Å². The van der Waals surface area contributed by atoms with Crippen molar-refractivity contribution in [3.8, 4) is 0 Å². The quantitative estimate of drug-likeness (QED) is 0.691. The van der Waals surface area contributed by atoms with Crippen LogP contribution in [0.3, 0.4) is 0 Å². The van der Waals surface area contributed by atoms with Crippen LogP contribution in [0.1, 0.15) is 52.4 Å². The first kappa shape index (κ1) is 18.8. The maximum absolute atomic E-state index is 12.1. The maximum atomic E-state index is 12.1. The molecule has 1 aliphatic heterocycles. The minimum Gasteiger partial charge on any atom is -0.372 e. The third-order valence-corrected chi connectivity index (χ3v) is 4.86. The first-order valence-corrected chi connectivity index (χ1v) is 9.60. The molecule has 1 aliphatic rings. The fourth-order valence-corrected chi connectivity index (χ4v) is 3.37. The van der Waals surface area contributed by atoms with Crippen LogP contribution in [0.4, 0.5) is 11.4 Å². The number of hydrogen-bond donors (Lipinski definition) is 1. The van der Waals surface area contributed by atoms with Crippen LogP contribution in [0.15, 0.2) is 24.3 Å². The molecule has 1 fully saturated rings. The first-order valence-electron chi connectivity index (χ1n) is 9.60. The average molecular weight is 332 g/mol. The number of carbonyl (C=O) groups excluding carboxylic acids is 1. The molecule has 134 valence electrons. The average Bonchev–Trinajstić information content (AvgIpc) is 2.62. The Bertz CT molecular complexity index is 476. The topological polar surface area (TPSA) is 35.6 Å². The molecule has 1 saturated heterocycles. The van der Waals surface area contributed by atoms with Crippen LogP contribution in [0.2, 0.25) is 0 Å². The molecule has 4 heteroatoms. The second-order valence-corrected chi connectivity index (χ2v) is 6.63. The van der Waals surface area contributed by atoms with E-state index in [2.05, 4.69) is 41.1 Å². The van der Waals surface area contributed by atoms with E-state index in [9.17, 15) is 4.79 Å². The van der Waals surface area contributed by atoms with Crippen molar-refractivity contribution in [1.29, 1.82) is 0 Å². The fraction of sp³-hybridized carbons (Fsp3) is 0.650. The number of rotatable bonds is 9. The second-order valence-electron chi connectivity index (χ2n) is 6.63. The molecule has 2 rings (SSSR count). The number of anilines is 2. The molecule has 1 aromatic carbocycles. The molecule has 0 bridgehead atoms. The summed E-state index contributed by atoms with van der Waals surface area (Å²) in [5.74, 6) is 0.129. The number of benzene rings is 1. The molecule has 0 aromatic heterocycles. The monoisotopic (exact) mass is 331 g/mol. The Labute approximate surface area is 147 Å². The van der Waals surface area contributed by atoms with Gasteiger partial charge < -0.3 is 15.1 Å². The van der Waals surface area contributed by atoms with E-state index >= 15 is 0 Å². The highest BCUT2D eigenvalue weighted by Crippen LogP contribution is 2.18. The summed E-state index contributed by atoms with van der Waals surface area (Å²) in [5, 5.41) is 3.01. The molecular formula is C20H33N3O. The van der Waals surface area contributed by atoms with Crippen molar-refractivity contribution in [2.24, 2.45) is 0 Å². The highest BCUT2D eigenvalue weighted by Gasteiger charge is 2.10. The lowest BCUT2D eigenvalue weighted by molar-refractivity contribution is -0.116. The lowest BCUT2D eigenvalue weighted by Gasteiger charge is -2.26. The minimum atomic E-state index is 0.129. The third-order valence-electron chi connectivity index (χ3n) is 4.86. The Morgan fingerprint density at radius 1 is 1.04 bits per heavy atom. The third kappa shape index (κ3) is 6.16. The van der Waals surface area contributed by atoms with Gasteiger partial charge in [-0.15, -0.1) is 0 Å². The molecule has 0 spiro atoms. The van der Waals surface area contributed by atoms with Crippen LogP contribution in [0, 0.1) is 0 Å². The van der Waals surface area contributed by atoms with Crippen LogP contribution in [0.25, 0.3) is 0 Å². The van der Waals surface area contributed by atoms with Gasteiger partial charge in [0, 0.05) is 30.9 Å². The standard InChI is InChI=1S/C20H33N3O/c1-3-23(4-2)19-13-11-18(12-14-19)21-20(24)10-6-9-17-22-15-7-5-8-16-22/h11-14H,3-10,15-17H2,1-2H3,(H,21,24). The van der Waals surface area contributed by atoms with Crippen molar-refractivity contribution in [1.82, 2.24) is 4.90 Å². The van der Waals surface area contributed by atoms with Gasteiger partial charge in [0.2, 0.25) is 5.91 Å². The van der Waals surface area contributed by atoms with Crippen molar-refractivity contribution in [2.45, 2.75) is 52.4 Å². The molecule has 1 N–H and O–H groups in total. The second kappa shape index (κ2) is 10.3. The molecule has 4 nitrogen and oxygen atoms in total. The van der Waals surface area contributed by atoms with Crippen LogP contribution in [-0.2, 0) is 4.79 Å². The molecular weight excluding hydrogens is 298 g/mol. The molecule has 0 radical (unpaired) electrons. The highest BCUT2D eigenvalue weighted by atomic mass is 16.1. The summed E-state index contributed by atoms with van der Waals surface area (Å²) in [5.41, 5.74) is 2.10. The van der Waals surface area contributed by atoms with Gasteiger partial charge in [0.05, 0.1) is 0 Å². The lowest BCUT2D eigenvalue weighted by atomic mass is 10.1. The van der Waals surface area contributed by atoms with Crippen molar-refractivity contribution < 1.29 is 4.79 Å². The summed E-state index contributed by atoms with van der Waals surface area (Å²) < 4.78 is 0. The number of unbranched alkanes of at least 4 members (excludes halogenated alkanes) is 1. The van der Waals surface area contributed by atoms with E-state index in [-0.39, 0.29) is 5.91 Å². The lowest BCUT2D eigenvalue weighted by Crippen LogP contribution is -2.30. The van der Waals surface area contributed by atoms with Gasteiger partial charge in [-0.3, -0.25) is 4.79 Å². The molecule has 24 heavy (non-hydrogen) atoms. The summed E-state index contributed by atoms with van der Waals surface area (Å²) in [6.45, 7) is 9.94. The Morgan fingerprint density at radius 3 is 2.33 bits per heavy atom. The zero-order valence-electron chi connectivity index (χ0n) is 15.4. The van der Waals surface area contributed by atoms with Crippen LogP contribution in [-0.4, -0.2) is 43.5 Å². The number of amides is 1. The number of likely N-dealkylation sites (tertiary alicyclic amines) is 1. The predicted octanol–water partition coefficient (Wildman–Crippen LogP) is 4.13. The largest absolute Gasteiger partial charge is 0.372 e. The van der Waals surface area contributed by atoms with Crippen molar-refractivity contribution in [2.75, 3.05) is 42.9 Å². The highest BCUT2D eigenvalue weighted by molar-refractivity contribution is 5.90. The Morgan fingerprint density at radius 2 is 1.71 bits per heavy atom. The normalized spacial score (nSPS) is 15.2. The zero-order valence-corrected chi connectivity index (χ0v) is 15.4. The van der Waals surface area contributed by atoms with Gasteiger partial charge in [-0.05, 0) is 83.4 Å². The molecule has 1 heterocycles. The van der Waals surface area contributed by atoms with Crippen LogP contribution in [0.5, 0.6) is 0 Å². The summed E-state index contributed by atoms with van der Waals surface area (Å²) in [7, 11) is 0. The summed E-state index contributed by atoms with van der Waals surface area (Å²) in [4.78, 5) is 16.9. The van der Waals surface area contributed by atoms with Crippen molar-refractivity contribution in [3.63, 3.8) is 0 Å². The molecule has 1 aromatic rings. The maximum Gasteiger partial charge on any atom is 0.224 e. The van der Waals surface area contributed by atoms with E-state index in [0.29, 0.717) is 6.42 Å².